The molecular formula is C11H24N4O2S. The summed E-state index contributed by atoms with van der Waals surface area (Å²) in [5.74, 6) is 0. The molecule has 1 N–H and O–H groups in total. The topological polar surface area (TPSA) is 55.9 Å². The van der Waals surface area contributed by atoms with Crippen LogP contribution < -0.4 is 5.32 Å². The Balaban J connectivity index is 2.12. The first-order valence-electron chi connectivity index (χ1n) is 6.68. The van der Waals surface area contributed by atoms with Gasteiger partial charge in [0.25, 0.3) is 10.2 Å². The summed E-state index contributed by atoms with van der Waals surface area (Å²) >= 11 is 0. The Morgan fingerprint density at radius 1 is 1.11 bits per heavy atom. The zero-order valence-electron chi connectivity index (χ0n) is 11.3. The summed E-state index contributed by atoms with van der Waals surface area (Å²) in [6.45, 7) is 7.09. The van der Waals surface area contributed by atoms with Crippen LogP contribution in [-0.2, 0) is 10.2 Å². The second-order valence-electron chi connectivity index (χ2n) is 5.23. The summed E-state index contributed by atoms with van der Waals surface area (Å²) < 4.78 is 28.5. The van der Waals surface area contributed by atoms with Gasteiger partial charge in [-0.15, -0.1) is 0 Å². The average Bonchev–Trinajstić information content (AvgIpc) is 2.51. The van der Waals surface area contributed by atoms with Gasteiger partial charge in [0.2, 0.25) is 0 Å². The monoisotopic (exact) mass is 276 g/mol. The van der Waals surface area contributed by atoms with Gasteiger partial charge in [-0.3, -0.25) is 0 Å². The van der Waals surface area contributed by atoms with Crippen LogP contribution >= 0.6 is 0 Å². The van der Waals surface area contributed by atoms with E-state index >= 15 is 0 Å². The molecule has 2 heterocycles. The molecule has 2 aliphatic heterocycles. The van der Waals surface area contributed by atoms with Gasteiger partial charge in [0.15, 0.2) is 0 Å². The molecule has 0 radical (unpaired) electrons. The summed E-state index contributed by atoms with van der Waals surface area (Å²) in [6.07, 6.45) is 0.909. The van der Waals surface area contributed by atoms with E-state index in [4.69, 9.17) is 0 Å². The molecule has 2 fully saturated rings. The Bertz CT molecular complexity index is 367. The average molecular weight is 276 g/mol. The second kappa shape index (κ2) is 5.83. The fourth-order valence-electron chi connectivity index (χ4n) is 2.72. The lowest BCUT2D eigenvalue weighted by Gasteiger charge is -2.34. The fourth-order valence-corrected chi connectivity index (χ4v) is 4.54. The van der Waals surface area contributed by atoms with Crippen LogP contribution in [0.25, 0.3) is 0 Å². The molecule has 1 unspecified atom stereocenters. The molecule has 18 heavy (non-hydrogen) atoms. The molecule has 0 aromatic heterocycles. The maximum absolute atomic E-state index is 12.6. The summed E-state index contributed by atoms with van der Waals surface area (Å²) in [4.78, 5) is 2.21. The van der Waals surface area contributed by atoms with Gasteiger partial charge in [-0.05, 0) is 26.9 Å². The Kier molecular flexibility index (Phi) is 4.60. The lowest BCUT2D eigenvalue weighted by atomic mass is 10.3. The number of hydrogen-bond donors (Lipinski definition) is 1. The first-order valence-corrected chi connectivity index (χ1v) is 8.07. The third-order valence-electron chi connectivity index (χ3n) is 3.68. The van der Waals surface area contributed by atoms with Crippen molar-refractivity contribution in [3.8, 4) is 0 Å². The van der Waals surface area contributed by atoms with Crippen molar-refractivity contribution < 1.29 is 8.42 Å². The van der Waals surface area contributed by atoms with E-state index in [9.17, 15) is 8.42 Å². The molecular weight excluding hydrogens is 252 g/mol. The van der Waals surface area contributed by atoms with Crippen molar-refractivity contribution >= 4 is 10.2 Å². The van der Waals surface area contributed by atoms with Gasteiger partial charge in [0.05, 0.1) is 0 Å². The molecule has 0 spiro atoms. The summed E-state index contributed by atoms with van der Waals surface area (Å²) in [6, 6.07) is 0.0531. The van der Waals surface area contributed by atoms with Crippen LogP contribution in [0.3, 0.4) is 0 Å². The molecule has 0 bridgehead atoms. The zero-order valence-corrected chi connectivity index (χ0v) is 12.1. The highest BCUT2D eigenvalue weighted by molar-refractivity contribution is 7.86. The number of nitrogens with zero attached hydrogens (tertiary/aromatic N) is 3. The smallest absolute Gasteiger partial charge is 0.282 e. The minimum absolute atomic E-state index is 0.0531. The maximum Gasteiger partial charge on any atom is 0.282 e. The van der Waals surface area contributed by atoms with E-state index in [-0.39, 0.29) is 6.04 Å². The van der Waals surface area contributed by atoms with E-state index < -0.39 is 10.2 Å². The van der Waals surface area contributed by atoms with Gasteiger partial charge in [-0.2, -0.15) is 17.0 Å². The van der Waals surface area contributed by atoms with Crippen LogP contribution in [0, 0.1) is 0 Å². The number of nitrogens with one attached hydrogen (secondary N) is 1. The van der Waals surface area contributed by atoms with Crippen LogP contribution in [0.1, 0.15) is 13.3 Å². The van der Waals surface area contributed by atoms with Crippen molar-refractivity contribution in [1.82, 2.24) is 18.8 Å². The molecule has 0 aromatic rings. The van der Waals surface area contributed by atoms with E-state index in [1.54, 1.807) is 8.61 Å². The van der Waals surface area contributed by atoms with Crippen LogP contribution in [0.15, 0.2) is 0 Å². The van der Waals surface area contributed by atoms with Crippen molar-refractivity contribution in [2.75, 3.05) is 52.9 Å². The highest BCUT2D eigenvalue weighted by Crippen LogP contribution is 2.17. The maximum atomic E-state index is 12.6. The van der Waals surface area contributed by atoms with Crippen molar-refractivity contribution in [2.24, 2.45) is 0 Å². The Hall–Kier alpha value is -0.210. The van der Waals surface area contributed by atoms with Crippen LogP contribution in [-0.4, -0.2) is 80.8 Å². The number of rotatable bonds is 2. The van der Waals surface area contributed by atoms with Crippen molar-refractivity contribution in [2.45, 2.75) is 19.4 Å². The molecule has 7 heteroatoms. The molecule has 0 aromatic carbocycles. The molecule has 2 aliphatic rings. The van der Waals surface area contributed by atoms with Gasteiger partial charge in [-0.25, -0.2) is 0 Å². The number of likely N-dealkylation sites (N-methyl/N-ethyl adjacent to an activating group) is 1. The normalized spacial score (nSPS) is 30.2. The largest absolute Gasteiger partial charge is 0.314 e. The second-order valence-corrected chi connectivity index (χ2v) is 7.11. The van der Waals surface area contributed by atoms with Gasteiger partial charge in [0.1, 0.15) is 0 Å². The number of piperazine rings is 1. The lowest BCUT2D eigenvalue weighted by Crippen LogP contribution is -2.54. The summed E-state index contributed by atoms with van der Waals surface area (Å²) in [7, 11) is -1.23. The highest BCUT2D eigenvalue weighted by Gasteiger charge is 2.34. The van der Waals surface area contributed by atoms with Gasteiger partial charge < -0.3 is 10.2 Å². The predicted molar refractivity (Wildman–Crippen MR) is 71.6 cm³/mol. The van der Waals surface area contributed by atoms with Gasteiger partial charge >= 0.3 is 0 Å². The minimum atomic E-state index is -3.28. The molecule has 6 nitrogen and oxygen atoms in total. The third kappa shape index (κ3) is 3.03. The van der Waals surface area contributed by atoms with Crippen LogP contribution in [0.2, 0.25) is 0 Å². The predicted octanol–water partition coefficient (Wildman–Crippen LogP) is -0.838. The standard InChI is InChI=1S/C11H24N4O2S/c1-11-10-13(2)6-3-7-15(11)18(16,17)14-8-4-12-5-9-14/h11-12H,3-10H2,1-2H3. The zero-order chi connectivity index (χ0) is 13.2. The Labute approximate surface area is 110 Å². The van der Waals surface area contributed by atoms with Crippen molar-refractivity contribution in [3.63, 3.8) is 0 Å². The minimum Gasteiger partial charge on any atom is -0.314 e. The fraction of sp³-hybridized carbons (Fsp3) is 1.00. The van der Waals surface area contributed by atoms with Gasteiger partial charge in [-0.1, -0.05) is 0 Å². The van der Waals surface area contributed by atoms with E-state index in [1.807, 2.05) is 6.92 Å². The van der Waals surface area contributed by atoms with E-state index in [1.165, 1.54) is 0 Å². The SMILES string of the molecule is CC1CN(C)CCCN1S(=O)(=O)N1CCNCC1. The lowest BCUT2D eigenvalue weighted by molar-refractivity contribution is 0.264. The highest BCUT2D eigenvalue weighted by atomic mass is 32.2. The first kappa shape index (κ1) is 14.2. The quantitative estimate of drug-likeness (QED) is 0.715. The van der Waals surface area contributed by atoms with E-state index in [2.05, 4.69) is 17.3 Å². The third-order valence-corrected chi connectivity index (χ3v) is 5.84. The molecule has 0 saturated carbocycles. The van der Waals surface area contributed by atoms with E-state index in [0.717, 1.165) is 32.6 Å². The Morgan fingerprint density at radius 2 is 1.78 bits per heavy atom. The molecule has 0 amide bonds. The van der Waals surface area contributed by atoms with Gasteiger partial charge in [0, 0.05) is 45.3 Å². The van der Waals surface area contributed by atoms with Crippen LogP contribution in [0.5, 0.6) is 0 Å². The molecule has 2 rings (SSSR count). The van der Waals surface area contributed by atoms with Crippen molar-refractivity contribution in [1.29, 1.82) is 0 Å². The van der Waals surface area contributed by atoms with Crippen LogP contribution in [0.4, 0.5) is 0 Å². The molecule has 0 aliphatic carbocycles. The summed E-state index contributed by atoms with van der Waals surface area (Å²) in [5.41, 5.74) is 0. The molecule has 2 saturated heterocycles. The van der Waals surface area contributed by atoms with E-state index in [0.29, 0.717) is 19.6 Å². The number of hydrogen-bond acceptors (Lipinski definition) is 4. The van der Waals surface area contributed by atoms with Crippen molar-refractivity contribution in [3.05, 3.63) is 0 Å². The Morgan fingerprint density at radius 3 is 2.44 bits per heavy atom. The molecule has 1 atom stereocenters. The molecule has 106 valence electrons. The summed E-state index contributed by atoms with van der Waals surface area (Å²) in [5, 5.41) is 3.19. The first-order chi connectivity index (χ1) is 8.51.